The molecule has 2 rings (SSSR count). The number of guanidine groups is 1. The van der Waals surface area contributed by atoms with Gasteiger partial charge in [-0.15, -0.1) is 0 Å². The first-order chi connectivity index (χ1) is 13.5. The molecule has 1 atom stereocenters. The summed E-state index contributed by atoms with van der Waals surface area (Å²) in [5.74, 6) is 2.75. The number of aromatic nitrogens is 2. The van der Waals surface area contributed by atoms with Crippen molar-refractivity contribution in [2.24, 2.45) is 4.99 Å². The van der Waals surface area contributed by atoms with Gasteiger partial charge in [-0.25, -0.2) is 0 Å². The molecule has 8 nitrogen and oxygen atoms in total. The summed E-state index contributed by atoms with van der Waals surface area (Å²) >= 11 is 0. The molecular weight excluding hydrogens is 358 g/mol. The number of hydrogen-bond donors (Lipinski definition) is 3. The van der Waals surface area contributed by atoms with Gasteiger partial charge < -0.3 is 25.0 Å². The van der Waals surface area contributed by atoms with Gasteiger partial charge in [-0.05, 0) is 51.8 Å². The summed E-state index contributed by atoms with van der Waals surface area (Å²) in [5.41, 5.74) is 0.808. The molecule has 0 saturated heterocycles. The van der Waals surface area contributed by atoms with Crippen molar-refractivity contribution in [2.45, 2.75) is 52.7 Å². The van der Waals surface area contributed by atoms with Crippen molar-refractivity contribution in [3.8, 4) is 5.75 Å². The van der Waals surface area contributed by atoms with E-state index in [0.717, 1.165) is 24.3 Å². The van der Waals surface area contributed by atoms with E-state index < -0.39 is 6.10 Å². The van der Waals surface area contributed by atoms with Crippen LogP contribution in [-0.2, 0) is 6.42 Å². The molecule has 3 N–H and O–H groups in total. The summed E-state index contributed by atoms with van der Waals surface area (Å²) in [4.78, 5) is 8.66. The van der Waals surface area contributed by atoms with E-state index in [2.05, 4.69) is 25.8 Å². The highest BCUT2D eigenvalue weighted by Crippen LogP contribution is 2.19. The molecule has 1 aromatic carbocycles. The van der Waals surface area contributed by atoms with E-state index >= 15 is 0 Å². The zero-order valence-electron chi connectivity index (χ0n) is 17.1. The summed E-state index contributed by atoms with van der Waals surface area (Å²) in [7, 11) is 0. The van der Waals surface area contributed by atoms with Gasteiger partial charge in [0.15, 0.2) is 11.8 Å². The maximum Gasteiger partial charge on any atom is 0.226 e. The van der Waals surface area contributed by atoms with Crippen molar-refractivity contribution in [1.82, 2.24) is 20.8 Å². The van der Waals surface area contributed by atoms with Gasteiger partial charge in [0.25, 0.3) is 0 Å². The van der Waals surface area contributed by atoms with E-state index in [9.17, 15) is 5.11 Å². The number of rotatable bonds is 10. The molecule has 2 aromatic rings. The fourth-order valence-electron chi connectivity index (χ4n) is 2.55. The van der Waals surface area contributed by atoms with Crippen LogP contribution in [0.15, 0.2) is 33.8 Å². The molecule has 0 fully saturated rings. The van der Waals surface area contributed by atoms with Crippen LogP contribution in [0.1, 0.15) is 50.6 Å². The number of aliphatic hydroxyl groups excluding tert-OH is 1. The topological polar surface area (TPSA) is 105 Å². The van der Waals surface area contributed by atoms with Gasteiger partial charge in [0.2, 0.25) is 5.89 Å². The van der Waals surface area contributed by atoms with Crippen molar-refractivity contribution >= 4 is 5.96 Å². The number of hydrogen-bond acceptors (Lipinski definition) is 6. The van der Waals surface area contributed by atoms with Gasteiger partial charge in [0.1, 0.15) is 5.75 Å². The standard InChI is InChI=1S/C20H31N5O3/c1-5-21-20(22-12-6-7-19-24-15(4)25-28-19)23-13-18(26)16-8-10-17(11-9-16)27-14(2)3/h8-11,14,18,26H,5-7,12-13H2,1-4H3,(H2,21,22,23). The average molecular weight is 390 g/mol. The van der Waals surface area contributed by atoms with E-state index in [0.29, 0.717) is 30.6 Å². The molecule has 8 heteroatoms. The fraction of sp³-hybridized carbons (Fsp3) is 0.550. The van der Waals surface area contributed by atoms with Crippen LogP contribution in [0.4, 0.5) is 0 Å². The minimum Gasteiger partial charge on any atom is -0.491 e. The number of aliphatic hydroxyl groups is 1. The molecule has 0 radical (unpaired) electrons. The predicted octanol–water partition coefficient (Wildman–Crippen LogP) is 2.39. The second-order valence-corrected chi connectivity index (χ2v) is 6.74. The van der Waals surface area contributed by atoms with Crippen molar-refractivity contribution in [2.75, 3.05) is 19.6 Å². The third kappa shape index (κ3) is 7.56. The van der Waals surface area contributed by atoms with Crippen molar-refractivity contribution in [1.29, 1.82) is 0 Å². The van der Waals surface area contributed by atoms with Crippen LogP contribution in [0, 0.1) is 6.92 Å². The molecule has 28 heavy (non-hydrogen) atoms. The minimum absolute atomic E-state index is 0.123. The van der Waals surface area contributed by atoms with Crippen molar-refractivity contribution in [3.63, 3.8) is 0 Å². The fourth-order valence-corrected chi connectivity index (χ4v) is 2.55. The summed E-state index contributed by atoms with van der Waals surface area (Å²) in [5, 5.41) is 20.6. The average Bonchev–Trinajstić information content (AvgIpc) is 3.08. The quantitative estimate of drug-likeness (QED) is 0.325. The second-order valence-electron chi connectivity index (χ2n) is 6.74. The lowest BCUT2D eigenvalue weighted by Crippen LogP contribution is -2.38. The molecule has 0 bridgehead atoms. The van der Waals surface area contributed by atoms with Gasteiger partial charge in [-0.3, -0.25) is 4.99 Å². The van der Waals surface area contributed by atoms with Gasteiger partial charge in [-0.2, -0.15) is 4.98 Å². The number of aliphatic imine (C=N–C) groups is 1. The van der Waals surface area contributed by atoms with Crippen LogP contribution < -0.4 is 15.4 Å². The van der Waals surface area contributed by atoms with Gasteiger partial charge in [0.05, 0.1) is 18.8 Å². The van der Waals surface area contributed by atoms with E-state index in [1.54, 1.807) is 6.92 Å². The van der Waals surface area contributed by atoms with Crippen molar-refractivity contribution < 1.29 is 14.4 Å². The van der Waals surface area contributed by atoms with Crippen LogP contribution in [-0.4, -0.2) is 46.9 Å². The zero-order chi connectivity index (χ0) is 20.4. The number of aryl methyl sites for hydroxylation is 2. The maximum absolute atomic E-state index is 10.4. The Morgan fingerprint density at radius 3 is 2.61 bits per heavy atom. The highest BCUT2D eigenvalue weighted by molar-refractivity contribution is 5.79. The van der Waals surface area contributed by atoms with Gasteiger partial charge in [-0.1, -0.05) is 17.3 Å². The Morgan fingerprint density at radius 2 is 2.00 bits per heavy atom. The highest BCUT2D eigenvalue weighted by atomic mass is 16.5. The lowest BCUT2D eigenvalue weighted by Gasteiger charge is -2.14. The molecule has 1 unspecified atom stereocenters. The van der Waals surface area contributed by atoms with Gasteiger partial charge >= 0.3 is 0 Å². The summed E-state index contributed by atoms with van der Waals surface area (Å²) in [6.45, 7) is 9.49. The molecule has 0 spiro atoms. The molecular formula is C20H31N5O3. The number of nitrogens with one attached hydrogen (secondary N) is 2. The molecule has 0 aliphatic heterocycles. The molecule has 154 valence electrons. The molecule has 1 aromatic heterocycles. The smallest absolute Gasteiger partial charge is 0.226 e. The SMILES string of the molecule is CCNC(=NCC(O)c1ccc(OC(C)C)cc1)NCCCc1nc(C)no1. The Labute approximate surface area is 166 Å². The zero-order valence-corrected chi connectivity index (χ0v) is 17.1. The Kier molecular flexibility index (Phi) is 8.74. The lowest BCUT2D eigenvalue weighted by molar-refractivity contribution is 0.186. The Morgan fingerprint density at radius 1 is 1.25 bits per heavy atom. The predicted molar refractivity (Wildman–Crippen MR) is 109 cm³/mol. The second kappa shape index (κ2) is 11.3. The van der Waals surface area contributed by atoms with Gasteiger partial charge in [0, 0.05) is 19.5 Å². The third-order valence-corrected chi connectivity index (χ3v) is 3.83. The monoisotopic (exact) mass is 389 g/mol. The van der Waals surface area contributed by atoms with E-state index in [-0.39, 0.29) is 12.6 Å². The number of benzene rings is 1. The first-order valence-corrected chi connectivity index (χ1v) is 9.74. The number of ether oxygens (including phenoxy) is 1. The Bertz CT molecular complexity index is 728. The summed E-state index contributed by atoms with van der Waals surface area (Å²) < 4.78 is 10.7. The molecule has 0 aliphatic carbocycles. The largest absolute Gasteiger partial charge is 0.491 e. The van der Waals surface area contributed by atoms with E-state index in [1.165, 1.54) is 0 Å². The molecule has 0 saturated carbocycles. The minimum atomic E-state index is -0.676. The van der Waals surface area contributed by atoms with E-state index in [4.69, 9.17) is 9.26 Å². The normalized spacial score (nSPS) is 12.9. The summed E-state index contributed by atoms with van der Waals surface area (Å²) in [6.07, 6.45) is 0.995. The first-order valence-electron chi connectivity index (χ1n) is 9.74. The lowest BCUT2D eigenvalue weighted by atomic mass is 10.1. The number of nitrogens with zero attached hydrogens (tertiary/aromatic N) is 3. The van der Waals surface area contributed by atoms with Crippen LogP contribution in [0.3, 0.4) is 0 Å². The summed E-state index contributed by atoms with van der Waals surface area (Å²) in [6, 6.07) is 7.46. The molecule has 0 aliphatic rings. The molecule has 1 heterocycles. The van der Waals surface area contributed by atoms with Crippen molar-refractivity contribution in [3.05, 3.63) is 41.5 Å². The third-order valence-electron chi connectivity index (χ3n) is 3.83. The Hall–Kier alpha value is -2.61. The van der Waals surface area contributed by atoms with Crippen LogP contribution in [0.2, 0.25) is 0 Å². The highest BCUT2D eigenvalue weighted by Gasteiger charge is 2.09. The Balaban J connectivity index is 1.81. The maximum atomic E-state index is 10.4. The van der Waals surface area contributed by atoms with Crippen LogP contribution in [0.5, 0.6) is 5.75 Å². The van der Waals surface area contributed by atoms with E-state index in [1.807, 2.05) is 45.0 Å². The first kappa shape index (κ1) is 21.7. The van der Waals surface area contributed by atoms with Crippen LogP contribution in [0.25, 0.3) is 0 Å². The van der Waals surface area contributed by atoms with Crippen LogP contribution >= 0.6 is 0 Å². The molecule has 0 amide bonds.